The van der Waals surface area contributed by atoms with Crippen molar-refractivity contribution in [1.82, 2.24) is 5.32 Å². The predicted molar refractivity (Wildman–Crippen MR) is 145 cm³/mol. The van der Waals surface area contributed by atoms with E-state index in [1.165, 1.54) is 50.6 Å². The summed E-state index contributed by atoms with van der Waals surface area (Å²) >= 11 is 0. The highest BCUT2D eigenvalue weighted by Crippen LogP contribution is 2.66. The second kappa shape index (κ2) is 9.70. The summed E-state index contributed by atoms with van der Waals surface area (Å²) in [5, 5.41) is 3.08. The molecule has 1 N–H and O–H groups in total. The van der Waals surface area contributed by atoms with Crippen LogP contribution >= 0.6 is 0 Å². The fourth-order valence-corrected chi connectivity index (χ4v) is 6.20. The van der Waals surface area contributed by atoms with E-state index >= 15 is 0 Å². The average molecular weight is 544 g/mol. The third-order valence-corrected chi connectivity index (χ3v) is 8.32. The molecule has 0 saturated heterocycles. The zero-order valence-corrected chi connectivity index (χ0v) is 22.1. The van der Waals surface area contributed by atoms with Crippen molar-refractivity contribution in [2.24, 2.45) is 11.3 Å². The molecule has 3 aromatic carbocycles. The first-order valence-corrected chi connectivity index (χ1v) is 13.2. The van der Waals surface area contributed by atoms with Crippen molar-refractivity contribution in [3.8, 4) is 22.5 Å². The first-order chi connectivity index (χ1) is 19.2. The second-order valence-electron chi connectivity index (χ2n) is 10.9. The third-order valence-electron chi connectivity index (χ3n) is 8.32. The van der Waals surface area contributed by atoms with Gasteiger partial charge in [-0.3, -0.25) is 14.4 Å². The van der Waals surface area contributed by atoms with Gasteiger partial charge in [0.05, 0.1) is 24.7 Å². The fourth-order valence-electron chi connectivity index (χ4n) is 6.20. The summed E-state index contributed by atoms with van der Waals surface area (Å²) in [5.74, 6) is -1.23. The van der Waals surface area contributed by atoms with E-state index in [1.54, 1.807) is 18.2 Å². The molecule has 1 heterocycles. The van der Waals surface area contributed by atoms with Crippen LogP contribution in [0.25, 0.3) is 33.4 Å². The van der Waals surface area contributed by atoms with Crippen LogP contribution < -0.4 is 5.32 Å². The number of Topliss-reactive ketones (excluding diaryl/α,β-unsaturated/α-hetero) is 1. The molecule has 2 bridgehead atoms. The number of esters is 1. The number of amides is 1. The Balaban J connectivity index is 1.51. The van der Waals surface area contributed by atoms with Gasteiger partial charge in [-0.25, -0.2) is 8.78 Å². The zero-order chi connectivity index (χ0) is 28.2. The quantitative estimate of drug-likeness (QED) is 0.203. The van der Waals surface area contributed by atoms with Gasteiger partial charge >= 0.3 is 5.97 Å². The van der Waals surface area contributed by atoms with Crippen LogP contribution in [0.5, 0.6) is 0 Å². The number of furan rings is 1. The number of carbonyl (C=O) groups is 3. The molecule has 6 nitrogen and oxygen atoms in total. The van der Waals surface area contributed by atoms with Gasteiger partial charge < -0.3 is 14.5 Å². The molecule has 204 valence electrons. The van der Waals surface area contributed by atoms with Gasteiger partial charge in [-0.15, -0.1) is 0 Å². The normalized spacial score (nSPS) is 19.1. The van der Waals surface area contributed by atoms with Crippen molar-refractivity contribution in [2.75, 3.05) is 14.2 Å². The smallest absolute Gasteiger partial charge is 0.310 e. The van der Waals surface area contributed by atoms with Crippen LogP contribution in [0.15, 0.2) is 59.0 Å². The molecule has 0 spiro atoms. The average Bonchev–Trinajstić information content (AvgIpc) is 3.28. The van der Waals surface area contributed by atoms with Gasteiger partial charge in [-0.05, 0) is 95.8 Å². The Bertz CT molecular complexity index is 1670. The van der Waals surface area contributed by atoms with Gasteiger partial charge in [0.25, 0.3) is 5.91 Å². The number of rotatable bonds is 8. The largest absolute Gasteiger partial charge is 0.469 e. The number of methoxy groups -OCH3 is 1. The highest BCUT2D eigenvalue weighted by molar-refractivity contribution is 6.12. The van der Waals surface area contributed by atoms with Crippen molar-refractivity contribution in [3.05, 3.63) is 82.9 Å². The Hall–Kier alpha value is -4.33. The molecule has 0 unspecified atom stereocenters. The molecule has 7 rings (SSSR count). The van der Waals surface area contributed by atoms with Gasteiger partial charge in [-0.1, -0.05) is 6.07 Å². The number of carbonyl (C=O) groups excluding carboxylic acids is 3. The lowest BCUT2D eigenvalue weighted by atomic mass is 9.43. The van der Waals surface area contributed by atoms with Crippen LogP contribution in [0.2, 0.25) is 0 Å². The molecule has 0 atom stereocenters. The van der Waals surface area contributed by atoms with E-state index in [4.69, 9.17) is 9.15 Å². The number of hydrogen-bond acceptors (Lipinski definition) is 5. The number of hydrogen-bond donors (Lipinski definition) is 1. The highest BCUT2D eigenvalue weighted by atomic mass is 19.1. The Labute approximate surface area is 229 Å². The van der Waals surface area contributed by atoms with Gasteiger partial charge in [-0.2, -0.15) is 0 Å². The summed E-state index contributed by atoms with van der Waals surface area (Å²) in [6.07, 6.45) is 3.29. The maximum Gasteiger partial charge on any atom is 0.310 e. The highest BCUT2D eigenvalue weighted by Gasteiger charge is 2.57. The van der Waals surface area contributed by atoms with Crippen LogP contribution in [0.1, 0.15) is 52.0 Å². The fraction of sp³-hybridized carbons (Fsp3) is 0.281. The van der Waals surface area contributed by atoms with Crippen LogP contribution in [-0.2, 0) is 16.0 Å². The van der Waals surface area contributed by atoms with Crippen molar-refractivity contribution in [1.29, 1.82) is 0 Å². The van der Waals surface area contributed by atoms with E-state index in [-0.39, 0.29) is 34.5 Å². The van der Waals surface area contributed by atoms with E-state index in [2.05, 4.69) is 5.32 Å². The maximum absolute atomic E-state index is 14.9. The monoisotopic (exact) mass is 543 g/mol. The molecule has 4 aromatic rings. The minimum absolute atomic E-state index is 0.0112. The Morgan fingerprint density at radius 2 is 1.70 bits per heavy atom. The Morgan fingerprint density at radius 3 is 2.33 bits per heavy atom. The molecular weight excluding hydrogens is 516 g/mol. The third kappa shape index (κ3) is 4.37. The second-order valence-corrected chi connectivity index (χ2v) is 10.9. The minimum atomic E-state index is -0.594. The predicted octanol–water partition coefficient (Wildman–Crippen LogP) is 6.49. The van der Waals surface area contributed by atoms with Crippen LogP contribution in [-0.4, -0.2) is 31.8 Å². The van der Waals surface area contributed by atoms with E-state index in [9.17, 15) is 23.2 Å². The van der Waals surface area contributed by atoms with Crippen LogP contribution in [0, 0.1) is 23.0 Å². The van der Waals surface area contributed by atoms with E-state index in [0.717, 1.165) is 19.3 Å². The number of benzene rings is 3. The summed E-state index contributed by atoms with van der Waals surface area (Å²) in [5.41, 5.74) is 2.68. The Morgan fingerprint density at radius 1 is 1.00 bits per heavy atom. The van der Waals surface area contributed by atoms with Gasteiger partial charge in [0.15, 0.2) is 5.78 Å². The van der Waals surface area contributed by atoms with Crippen molar-refractivity contribution >= 4 is 28.6 Å². The first-order valence-electron chi connectivity index (χ1n) is 13.2. The van der Waals surface area contributed by atoms with Gasteiger partial charge in [0.1, 0.15) is 23.0 Å². The molecule has 3 aliphatic rings. The summed E-state index contributed by atoms with van der Waals surface area (Å²) in [6, 6.07) is 13.3. The van der Waals surface area contributed by atoms with Crippen LogP contribution in [0.3, 0.4) is 0 Å². The summed E-state index contributed by atoms with van der Waals surface area (Å²) in [6.45, 7) is 0. The van der Waals surface area contributed by atoms with Gasteiger partial charge in [0.2, 0.25) is 0 Å². The van der Waals surface area contributed by atoms with E-state index in [1.807, 2.05) is 0 Å². The van der Waals surface area contributed by atoms with E-state index in [0.29, 0.717) is 45.6 Å². The number of halogens is 2. The Kier molecular flexibility index (Phi) is 6.28. The van der Waals surface area contributed by atoms with Crippen molar-refractivity contribution in [3.63, 3.8) is 0 Å². The first kappa shape index (κ1) is 25.9. The number of ketones is 1. The van der Waals surface area contributed by atoms with E-state index < -0.39 is 23.5 Å². The molecule has 1 amide bonds. The summed E-state index contributed by atoms with van der Waals surface area (Å²) < 4.78 is 39.5. The lowest BCUT2D eigenvalue weighted by molar-refractivity contribution is -0.139. The van der Waals surface area contributed by atoms with Gasteiger partial charge in [0, 0.05) is 24.4 Å². The molecule has 3 aliphatic carbocycles. The molecule has 0 aliphatic heterocycles. The molecule has 1 aromatic heterocycles. The maximum atomic E-state index is 14.9. The topological polar surface area (TPSA) is 85.6 Å². The lowest BCUT2D eigenvalue weighted by Crippen LogP contribution is -2.52. The zero-order valence-electron chi connectivity index (χ0n) is 22.1. The van der Waals surface area contributed by atoms with Crippen molar-refractivity contribution < 1.29 is 32.3 Å². The summed E-state index contributed by atoms with van der Waals surface area (Å²) in [4.78, 5) is 38.6. The number of nitrogens with one attached hydrogen (secondary N) is 1. The minimum Gasteiger partial charge on any atom is -0.469 e. The molecule has 3 fully saturated rings. The standard InChI is InChI=1S/C32H27F2NO5/c1-35-31(38)29-24-12-22(19-5-8-25(34)23(9-19)26(36)16-32-13-17(14-32)15-32)20(11-28(37)39-2)10-27(24)40-30(29)18-3-6-21(33)7-4-18/h3-10,12,17H,11,13-16H2,1-2H3,(H,35,38). The molecule has 0 radical (unpaired) electrons. The lowest BCUT2D eigenvalue weighted by Gasteiger charge is -2.62. The summed E-state index contributed by atoms with van der Waals surface area (Å²) in [7, 11) is 2.77. The number of fused-ring (bicyclic) bond motifs is 1. The molecule has 8 heteroatoms. The molecule has 3 saturated carbocycles. The van der Waals surface area contributed by atoms with Crippen molar-refractivity contribution in [2.45, 2.75) is 32.1 Å². The van der Waals surface area contributed by atoms with Crippen LogP contribution in [0.4, 0.5) is 8.78 Å². The molecular formula is C32H27F2NO5. The molecule has 40 heavy (non-hydrogen) atoms. The number of ether oxygens (including phenoxy) is 1. The SMILES string of the molecule is CNC(=O)c1c(-c2ccc(F)cc2)oc2cc(CC(=O)OC)c(-c3ccc(F)c(C(=O)CC45CC(C4)C5)c3)cc12.